The molecule has 5 nitrogen and oxygen atoms in total. The van der Waals surface area contributed by atoms with Gasteiger partial charge in [-0.05, 0) is 36.8 Å². The Bertz CT molecular complexity index is 781. The van der Waals surface area contributed by atoms with Gasteiger partial charge in [0.1, 0.15) is 5.82 Å². The first-order valence-corrected chi connectivity index (χ1v) is 7.83. The molecule has 0 aliphatic carbocycles. The van der Waals surface area contributed by atoms with Crippen molar-refractivity contribution >= 4 is 27.4 Å². The summed E-state index contributed by atoms with van der Waals surface area (Å²) in [5.74, 6) is -0.650. The fraction of sp³-hybridized carbons (Fsp3) is 0.154. The molecular formula is C13H13ClFN3O2S. The fourth-order valence-corrected chi connectivity index (χ4v) is 3.31. The van der Waals surface area contributed by atoms with Gasteiger partial charge in [0, 0.05) is 18.3 Å². The van der Waals surface area contributed by atoms with Gasteiger partial charge in [-0.1, -0.05) is 11.6 Å². The smallest absolute Gasteiger partial charge is 0.263 e. The molecule has 0 saturated carbocycles. The summed E-state index contributed by atoms with van der Waals surface area (Å²) in [6.07, 6.45) is 1.40. The molecule has 1 aromatic heterocycles. The fourth-order valence-electron chi connectivity index (χ4n) is 1.75. The highest BCUT2D eigenvalue weighted by Crippen LogP contribution is 2.25. The van der Waals surface area contributed by atoms with Crippen molar-refractivity contribution in [3.05, 3.63) is 52.4 Å². The maximum absolute atomic E-state index is 13.8. The Morgan fingerprint density at radius 2 is 2.14 bits per heavy atom. The largest absolute Gasteiger partial charge is 0.326 e. The van der Waals surface area contributed by atoms with E-state index in [1.165, 1.54) is 31.3 Å². The topological polar surface area (TPSA) is 85.1 Å². The Morgan fingerprint density at radius 1 is 1.43 bits per heavy atom. The average Bonchev–Trinajstić information content (AvgIpc) is 2.43. The predicted octanol–water partition coefficient (Wildman–Crippen LogP) is 2.44. The minimum atomic E-state index is -4.01. The van der Waals surface area contributed by atoms with Crippen LogP contribution in [0.15, 0.2) is 35.4 Å². The summed E-state index contributed by atoms with van der Waals surface area (Å²) in [5, 5.41) is 0.147. The van der Waals surface area contributed by atoms with Crippen molar-refractivity contribution < 1.29 is 12.8 Å². The van der Waals surface area contributed by atoms with Gasteiger partial charge < -0.3 is 5.73 Å². The molecule has 0 spiro atoms. The van der Waals surface area contributed by atoms with E-state index in [1.807, 2.05) is 0 Å². The maximum Gasteiger partial charge on any atom is 0.263 e. The number of rotatable bonds is 4. The molecule has 1 heterocycles. The molecule has 0 unspecified atom stereocenters. The first kappa shape index (κ1) is 15.7. The van der Waals surface area contributed by atoms with Crippen molar-refractivity contribution in [2.24, 2.45) is 5.73 Å². The van der Waals surface area contributed by atoms with Crippen LogP contribution < -0.4 is 10.5 Å². The summed E-state index contributed by atoms with van der Waals surface area (Å²) in [5.41, 5.74) is 5.83. The Labute approximate surface area is 127 Å². The monoisotopic (exact) mass is 329 g/mol. The molecule has 0 aliphatic rings. The molecule has 8 heteroatoms. The highest BCUT2D eigenvalue weighted by atomic mass is 35.5. The molecule has 3 N–H and O–H groups in total. The highest BCUT2D eigenvalue weighted by molar-refractivity contribution is 7.92. The number of anilines is 1. The molecule has 0 fully saturated rings. The maximum atomic E-state index is 13.8. The number of benzene rings is 1. The molecule has 2 rings (SSSR count). The zero-order valence-electron chi connectivity index (χ0n) is 11.1. The molecular weight excluding hydrogens is 317 g/mol. The van der Waals surface area contributed by atoms with Crippen molar-refractivity contribution in [1.29, 1.82) is 0 Å². The SMILES string of the molecule is Cc1c(F)cc(CN)cc1S(=O)(=O)Nc1ncccc1Cl. The van der Waals surface area contributed by atoms with Gasteiger partial charge in [0.05, 0.1) is 9.92 Å². The molecule has 0 radical (unpaired) electrons. The summed E-state index contributed by atoms with van der Waals surface area (Å²) in [4.78, 5) is 3.65. The summed E-state index contributed by atoms with van der Waals surface area (Å²) in [7, 11) is -4.01. The third-order valence-electron chi connectivity index (χ3n) is 2.87. The molecule has 112 valence electrons. The number of nitrogens with one attached hydrogen (secondary N) is 1. The van der Waals surface area contributed by atoms with Crippen molar-refractivity contribution in [1.82, 2.24) is 4.98 Å². The van der Waals surface area contributed by atoms with Gasteiger partial charge in [-0.15, -0.1) is 0 Å². The van der Waals surface area contributed by atoms with Gasteiger partial charge in [-0.2, -0.15) is 0 Å². The number of halogens is 2. The van der Waals surface area contributed by atoms with Crippen molar-refractivity contribution in [2.45, 2.75) is 18.4 Å². The first-order valence-electron chi connectivity index (χ1n) is 5.97. The van der Waals surface area contributed by atoms with Crippen LogP contribution in [-0.4, -0.2) is 13.4 Å². The lowest BCUT2D eigenvalue weighted by Gasteiger charge is -2.12. The predicted molar refractivity (Wildman–Crippen MR) is 79.1 cm³/mol. The van der Waals surface area contributed by atoms with Gasteiger partial charge in [-0.3, -0.25) is 4.72 Å². The lowest BCUT2D eigenvalue weighted by atomic mass is 10.1. The minimum Gasteiger partial charge on any atom is -0.326 e. The number of pyridine rings is 1. The van der Waals surface area contributed by atoms with Crippen LogP contribution in [0.1, 0.15) is 11.1 Å². The van der Waals surface area contributed by atoms with Crippen molar-refractivity contribution in [3.63, 3.8) is 0 Å². The van der Waals surface area contributed by atoms with E-state index in [2.05, 4.69) is 9.71 Å². The Hall–Kier alpha value is -1.70. The quantitative estimate of drug-likeness (QED) is 0.902. The zero-order valence-corrected chi connectivity index (χ0v) is 12.7. The third kappa shape index (κ3) is 3.31. The van der Waals surface area contributed by atoms with Gasteiger partial charge in [0.25, 0.3) is 10.0 Å². The Morgan fingerprint density at radius 3 is 2.76 bits per heavy atom. The van der Waals surface area contributed by atoms with E-state index in [0.717, 1.165) is 0 Å². The van der Waals surface area contributed by atoms with E-state index in [4.69, 9.17) is 17.3 Å². The summed E-state index contributed by atoms with van der Waals surface area (Å²) < 4.78 is 40.8. The number of sulfonamides is 1. The van der Waals surface area contributed by atoms with Crippen molar-refractivity contribution in [3.8, 4) is 0 Å². The van der Waals surface area contributed by atoms with E-state index in [-0.39, 0.29) is 27.8 Å². The van der Waals surface area contributed by atoms with Crippen LogP contribution in [0, 0.1) is 12.7 Å². The van der Waals surface area contributed by atoms with Gasteiger partial charge in [0.15, 0.2) is 5.82 Å². The number of aromatic nitrogens is 1. The van der Waals surface area contributed by atoms with Gasteiger partial charge in [-0.25, -0.2) is 17.8 Å². The molecule has 2 aromatic rings. The average molecular weight is 330 g/mol. The second-order valence-corrected chi connectivity index (χ2v) is 6.40. The number of nitrogens with zero attached hydrogens (tertiary/aromatic N) is 1. The van der Waals surface area contributed by atoms with Gasteiger partial charge >= 0.3 is 0 Å². The van der Waals surface area contributed by atoms with Gasteiger partial charge in [0.2, 0.25) is 0 Å². The summed E-state index contributed by atoms with van der Waals surface area (Å²) in [6.45, 7) is 1.41. The van der Waals surface area contributed by atoms with Crippen LogP contribution in [0.4, 0.5) is 10.2 Å². The number of hydrogen-bond donors (Lipinski definition) is 2. The van der Waals surface area contributed by atoms with E-state index in [1.54, 1.807) is 6.07 Å². The summed E-state index contributed by atoms with van der Waals surface area (Å²) in [6, 6.07) is 5.61. The van der Waals surface area contributed by atoms with Crippen LogP contribution >= 0.6 is 11.6 Å². The second-order valence-electron chi connectivity index (χ2n) is 4.34. The molecule has 1 aromatic carbocycles. The Kier molecular flexibility index (Phi) is 4.46. The molecule has 0 atom stereocenters. The molecule has 0 aliphatic heterocycles. The number of nitrogens with two attached hydrogens (primary N) is 1. The van der Waals surface area contributed by atoms with Crippen LogP contribution in [0.5, 0.6) is 0 Å². The third-order valence-corrected chi connectivity index (χ3v) is 4.64. The van der Waals surface area contributed by atoms with E-state index in [0.29, 0.717) is 5.56 Å². The van der Waals surface area contributed by atoms with E-state index in [9.17, 15) is 12.8 Å². The minimum absolute atomic E-state index is 0.00625. The molecule has 0 amide bonds. The zero-order chi connectivity index (χ0) is 15.6. The van der Waals surface area contributed by atoms with E-state index < -0.39 is 15.8 Å². The normalized spacial score (nSPS) is 11.4. The molecule has 0 bridgehead atoms. The lowest BCUT2D eigenvalue weighted by molar-refractivity contribution is 0.589. The summed E-state index contributed by atoms with van der Waals surface area (Å²) >= 11 is 5.86. The molecule has 0 saturated heterocycles. The van der Waals surface area contributed by atoms with Crippen LogP contribution in [0.2, 0.25) is 5.02 Å². The lowest BCUT2D eigenvalue weighted by Crippen LogP contribution is -2.17. The first-order chi connectivity index (χ1) is 9.85. The van der Waals surface area contributed by atoms with Crippen molar-refractivity contribution in [2.75, 3.05) is 4.72 Å². The van der Waals surface area contributed by atoms with Crippen LogP contribution in [0.3, 0.4) is 0 Å². The highest BCUT2D eigenvalue weighted by Gasteiger charge is 2.21. The Balaban J connectivity index is 2.50. The molecule has 21 heavy (non-hydrogen) atoms. The number of hydrogen-bond acceptors (Lipinski definition) is 4. The van der Waals surface area contributed by atoms with E-state index >= 15 is 0 Å². The second kappa shape index (κ2) is 5.97. The standard InChI is InChI=1S/C13H13ClFN3O2S/c1-8-11(15)5-9(7-16)6-12(8)21(19,20)18-13-10(14)3-2-4-17-13/h2-6H,7,16H2,1H3,(H,17,18). The van der Waals surface area contributed by atoms with Crippen LogP contribution in [-0.2, 0) is 16.6 Å². The van der Waals surface area contributed by atoms with Crippen LogP contribution in [0.25, 0.3) is 0 Å².